The molecule has 2 heteroatoms. The third-order valence-corrected chi connectivity index (χ3v) is 8.91. The lowest BCUT2D eigenvalue weighted by atomic mass is 9.84. The van der Waals surface area contributed by atoms with Crippen molar-refractivity contribution in [3.05, 3.63) is 99.1 Å². The molecule has 2 heterocycles. The van der Waals surface area contributed by atoms with Gasteiger partial charge in [0, 0.05) is 37.8 Å². The number of rotatable bonds is 2. The van der Waals surface area contributed by atoms with Crippen molar-refractivity contribution >= 4 is 28.3 Å². The summed E-state index contributed by atoms with van der Waals surface area (Å²) >= 11 is 2.05. The van der Waals surface area contributed by atoms with Crippen molar-refractivity contribution in [3.8, 4) is 10.4 Å². The Kier molecular flexibility index (Phi) is 4.30. The van der Waals surface area contributed by atoms with Crippen LogP contribution >= 0.6 is 11.3 Å². The van der Waals surface area contributed by atoms with Crippen molar-refractivity contribution in [2.45, 2.75) is 50.9 Å². The van der Waals surface area contributed by atoms with Crippen LogP contribution in [0.4, 0.5) is 0 Å². The Labute approximate surface area is 193 Å². The normalized spacial score (nSPS) is 21.2. The first-order chi connectivity index (χ1) is 15.8. The van der Waals surface area contributed by atoms with Crippen LogP contribution in [-0.2, 0) is 19.3 Å². The van der Waals surface area contributed by atoms with E-state index in [-0.39, 0.29) is 0 Å². The smallest absolute Gasteiger partial charge is 0.0463 e. The summed E-state index contributed by atoms with van der Waals surface area (Å²) in [6, 6.07) is 7.16. The van der Waals surface area contributed by atoms with Crippen LogP contribution in [0.25, 0.3) is 27.4 Å². The minimum atomic E-state index is 0.458. The molecular formula is C30H27NS. The quantitative estimate of drug-likeness (QED) is 0.419. The maximum Gasteiger partial charge on any atom is 0.0463 e. The Morgan fingerprint density at radius 2 is 1.91 bits per heavy atom. The maximum atomic E-state index is 3.77. The summed E-state index contributed by atoms with van der Waals surface area (Å²) < 4.78 is 0. The molecule has 1 unspecified atom stereocenters. The first kappa shape index (κ1) is 18.7. The number of nitrogens with one attached hydrogen (secondary N) is 1. The molecule has 1 atom stereocenters. The molecule has 0 aliphatic heterocycles. The van der Waals surface area contributed by atoms with Gasteiger partial charge in [0.15, 0.2) is 0 Å². The highest BCUT2D eigenvalue weighted by molar-refractivity contribution is 7.16. The van der Waals surface area contributed by atoms with E-state index in [4.69, 9.17) is 0 Å². The minimum Gasteiger partial charge on any atom is -0.358 e. The van der Waals surface area contributed by atoms with E-state index in [9.17, 15) is 0 Å². The van der Waals surface area contributed by atoms with Gasteiger partial charge in [-0.3, -0.25) is 0 Å². The Balaban J connectivity index is 1.33. The molecule has 0 spiro atoms. The molecule has 1 aromatic carbocycles. The molecule has 0 fully saturated rings. The topological polar surface area (TPSA) is 15.8 Å². The van der Waals surface area contributed by atoms with E-state index in [1.807, 2.05) is 0 Å². The van der Waals surface area contributed by atoms with Crippen LogP contribution in [0.5, 0.6) is 0 Å². The average Bonchev–Trinajstić information content (AvgIpc) is 3.42. The second-order valence-electron chi connectivity index (χ2n) is 9.50. The molecule has 7 rings (SSSR count). The van der Waals surface area contributed by atoms with Crippen molar-refractivity contribution in [2.75, 3.05) is 0 Å². The lowest BCUT2D eigenvalue weighted by molar-refractivity contribution is 0.839. The Morgan fingerprint density at radius 3 is 2.84 bits per heavy atom. The summed E-state index contributed by atoms with van der Waals surface area (Å²) in [6.45, 7) is 0. The maximum absolute atomic E-state index is 3.77. The SMILES string of the molecule is C1=CCCC(C2=CC(c3ccc4[nH]c5c(c4c3)-c3sc4c(c3CC5)C=CCC4)CC=C2)=C1. The summed E-state index contributed by atoms with van der Waals surface area (Å²) in [4.78, 5) is 6.90. The third kappa shape index (κ3) is 2.89. The van der Waals surface area contributed by atoms with E-state index in [0.29, 0.717) is 5.92 Å². The monoisotopic (exact) mass is 433 g/mol. The predicted molar refractivity (Wildman–Crippen MR) is 137 cm³/mol. The van der Waals surface area contributed by atoms with Crippen LogP contribution in [0.1, 0.15) is 58.9 Å². The molecule has 158 valence electrons. The van der Waals surface area contributed by atoms with Gasteiger partial charge < -0.3 is 4.98 Å². The number of thiophene rings is 1. The van der Waals surface area contributed by atoms with Gasteiger partial charge in [0.1, 0.15) is 0 Å². The first-order valence-corrected chi connectivity index (χ1v) is 12.9. The number of H-pyrrole nitrogens is 1. The summed E-state index contributed by atoms with van der Waals surface area (Å²) in [5.41, 5.74) is 11.7. The fourth-order valence-electron chi connectivity index (χ4n) is 5.94. The lowest BCUT2D eigenvalue weighted by Crippen LogP contribution is -2.03. The van der Waals surface area contributed by atoms with E-state index in [2.05, 4.69) is 83.1 Å². The number of benzene rings is 1. The highest BCUT2D eigenvalue weighted by Crippen LogP contribution is 2.48. The zero-order valence-electron chi connectivity index (χ0n) is 18.3. The number of aromatic amines is 1. The van der Waals surface area contributed by atoms with Gasteiger partial charge in [-0.2, -0.15) is 0 Å². The van der Waals surface area contributed by atoms with Gasteiger partial charge in [-0.25, -0.2) is 0 Å². The van der Waals surface area contributed by atoms with E-state index >= 15 is 0 Å². The van der Waals surface area contributed by atoms with Gasteiger partial charge in [0.2, 0.25) is 0 Å². The molecule has 4 aliphatic rings. The summed E-state index contributed by atoms with van der Waals surface area (Å²) in [5.74, 6) is 0.458. The Hall–Kier alpha value is -2.84. The number of aryl methyl sites for hydroxylation is 2. The van der Waals surface area contributed by atoms with Crippen LogP contribution in [0.15, 0.2) is 71.9 Å². The third-order valence-electron chi connectivity index (χ3n) is 7.58. The standard InChI is InChI=1S/C30H27NS/c1-2-7-19(8-3-1)20-9-6-10-21(17-20)22-13-15-26-25(18-22)29-27(31-26)16-14-24-23-11-4-5-12-28(23)32-30(24)29/h1-2,4,6-7,9,11,13,15,17-18,21,31H,3,5,8,10,12,14,16H2. The summed E-state index contributed by atoms with van der Waals surface area (Å²) in [6.07, 6.45) is 26.8. The van der Waals surface area contributed by atoms with E-state index < -0.39 is 0 Å². The molecule has 0 saturated heterocycles. The molecule has 2 aromatic heterocycles. The fraction of sp³-hybridized carbons (Fsp3) is 0.267. The molecule has 4 aliphatic carbocycles. The second-order valence-corrected chi connectivity index (χ2v) is 10.6. The zero-order valence-corrected chi connectivity index (χ0v) is 19.1. The largest absolute Gasteiger partial charge is 0.358 e. The van der Waals surface area contributed by atoms with Crippen molar-refractivity contribution in [1.82, 2.24) is 4.98 Å². The van der Waals surface area contributed by atoms with Crippen LogP contribution in [0, 0.1) is 0 Å². The van der Waals surface area contributed by atoms with Crippen LogP contribution in [0.3, 0.4) is 0 Å². The molecule has 0 saturated carbocycles. The molecule has 1 nitrogen and oxygen atoms in total. The van der Waals surface area contributed by atoms with Gasteiger partial charge in [-0.15, -0.1) is 11.3 Å². The fourth-order valence-corrected chi connectivity index (χ4v) is 7.38. The Morgan fingerprint density at radius 1 is 0.938 bits per heavy atom. The molecule has 0 amide bonds. The van der Waals surface area contributed by atoms with E-state index in [0.717, 1.165) is 25.7 Å². The lowest BCUT2D eigenvalue weighted by Gasteiger charge is -2.20. The van der Waals surface area contributed by atoms with Crippen LogP contribution in [-0.4, -0.2) is 4.98 Å². The van der Waals surface area contributed by atoms with Crippen molar-refractivity contribution in [3.63, 3.8) is 0 Å². The van der Waals surface area contributed by atoms with Crippen LogP contribution in [0.2, 0.25) is 0 Å². The predicted octanol–water partition coefficient (Wildman–Crippen LogP) is 8.20. The number of hydrogen-bond donors (Lipinski definition) is 1. The summed E-state index contributed by atoms with van der Waals surface area (Å²) in [5, 5.41) is 1.42. The first-order valence-electron chi connectivity index (χ1n) is 12.1. The number of hydrogen-bond acceptors (Lipinski definition) is 1. The van der Waals surface area contributed by atoms with Gasteiger partial charge in [-0.05, 0) is 84.9 Å². The molecule has 32 heavy (non-hydrogen) atoms. The number of fused-ring (bicyclic) bond motifs is 7. The molecule has 1 N–H and O–H groups in total. The highest BCUT2D eigenvalue weighted by Gasteiger charge is 2.27. The van der Waals surface area contributed by atoms with Gasteiger partial charge >= 0.3 is 0 Å². The second kappa shape index (κ2) is 7.35. The summed E-state index contributed by atoms with van der Waals surface area (Å²) in [7, 11) is 0. The van der Waals surface area contributed by atoms with E-state index in [1.165, 1.54) is 68.6 Å². The molecule has 0 radical (unpaired) electrons. The number of allylic oxidation sites excluding steroid dienone is 9. The molecular weight excluding hydrogens is 406 g/mol. The van der Waals surface area contributed by atoms with Crippen LogP contribution < -0.4 is 0 Å². The Bertz CT molecular complexity index is 1400. The van der Waals surface area contributed by atoms with Crippen molar-refractivity contribution in [2.24, 2.45) is 0 Å². The molecule has 3 aromatic rings. The van der Waals surface area contributed by atoms with Gasteiger partial charge in [0.25, 0.3) is 0 Å². The average molecular weight is 434 g/mol. The number of aromatic nitrogens is 1. The zero-order chi connectivity index (χ0) is 21.1. The van der Waals surface area contributed by atoms with Crippen molar-refractivity contribution < 1.29 is 0 Å². The minimum absolute atomic E-state index is 0.458. The van der Waals surface area contributed by atoms with Crippen molar-refractivity contribution in [1.29, 1.82) is 0 Å². The highest BCUT2D eigenvalue weighted by atomic mass is 32.1. The van der Waals surface area contributed by atoms with Gasteiger partial charge in [0.05, 0.1) is 0 Å². The van der Waals surface area contributed by atoms with Gasteiger partial charge in [-0.1, -0.05) is 54.7 Å². The van der Waals surface area contributed by atoms with E-state index in [1.54, 1.807) is 10.4 Å². The molecule has 0 bridgehead atoms.